The number of ether oxygens (including phenoxy) is 3. The molecule has 0 spiro atoms. The van der Waals surface area contributed by atoms with Crippen molar-refractivity contribution in [2.24, 2.45) is 0 Å². The minimum Gasteiger partial charge on any atom is -0.497 e. The van der Waals surface area contributed by atoms with Gasteiger partial charge in [-0.15, -0.1) is 0 Å². The summed E-state index contributed by atoms with van der Waals surface area (Å²) in [5, 5.41) is 0. The van der Waals surface area contributed by atoms with Crippen LogP contribution in [-0.2, 0) is 0 Å². The van der Waals surface area contributed by atoms with Gasteiger partial charge in [0.1, 0.15) is 29.2 Å². The monoisotopic (exact) mass is 435 g/mol. The second kappa shape index (κ2) is 11.0. The van der Waals surface area contributed by atoms with E-state index in [4.69, 9.17) is 14.2 Å². The highest BCUT2D eigenvalue weighted by Gasteiger charge is 2.31. The molecule has 0 bridgehead atoms. The van der Waals surface area contributed by atoms with Gasteiger partial charge in [0.2, 0.25) is 0 Å². The third-order valence-corrected chi connectivity index (χ3v) is 5.87. The van der Waals surface area contributed by atoms with Crippen molar-refractivity contribution in [2.75, 3.05) is 33.4 Å². The standard InChI is InChI=1S/C27H30FNO3/c1-30-23-11-6-12-24(19-23)31-17-7-15-29-16-14-27(32-25-13-5-10-22(28)18-25)26(20-29)21-8-3-2-4-9-21/h2-6,8-13,18-19,26-27H,7,14-17,20H2,1H3/t26-,27+/m1/s1. The highest BCUT2D eigenvalue weighted by atomic mass is 19.1. The van der Waals surface area contributed by atoms with E-state index >= 15 is 0 Å². The number of benzene rings is 3. The van der Waals surface area contributed by atoms with Gasteiger partial charge < -0.3 is 19.1 Å². The largest absolute Gasteiger partial charge is 0.497 e. The third kappa shape index (κ3) is 6.01. The summed E-state index contributed by atoms with van der Waals surface area (Å²) in [4.78, 5) is 2.47. The first-order chi connectivity index (χ1) is 15.7. The molecule has 0 amide bonds. The van der Waals surface area contributed by atoms with Gasteiger partial charge in [-0.3, -0.25) is 0 Å². The van der Waals surface area contributed by atoms with Crippen molar-refractivity contribution >= 4 is 0 Å². The predicted octanol–water partition coefficient (Wildman–Crippen LogP) is 5.54. The molecule has 0 radical (unpaired) electrons. The van der Waals surface area contributed by atoms with E-state index in [0.717, 1.165) is 44.0 Å². The molecule has 2 atom stereocenters. The summed E-state index contributed by atoms with van der Waals surface area (Å²) in [6.45, 7) is 3.47. The van der Waals surface area contributed by atoms with Crippen molar-refractivity contribution in [3.63, 3.8) is 0 Å². The molecule has 168 valence electrons. The number of likely N-dealkylation sites (tertiary alicyclic amines) is 1. The van der Waals surface area contributed by atoms with Crippen LogP contribution >= 0.6 is 0 Å². The Hall–Kier alpha value is -3.05. The van der Waals surface area contributed by atoms with E-state index in [-0.39, 0.29) is 17.8 Å². The van der Waals surface area contributed by atoms with Crippen molar-refractivity contribution in [3.05, 3.63) is 90.2 Å². The Balaban J connectivity index is 1.34. The quantitative estimate of drug-likeness (QED) is 0.413. The van der Waals surface area contributed by atoms with Gasteiger partial charge >= 0.3 is 0 Å². The lowest BCUT2D eigenvalue weighted by Gasteiger charge is -2.39. The lowest BCUT2D eigenvalue weighted by Crippen LogP contribution is -2.44. The van der Waals surface area contributed by atoms with Gasteiger partial charge in [-0.1, -0.05) is 42.5 Å². The van der Waals surface area contributed by atoms with Crippen molar-refractivity contribution in [1.82, 2.24) is 4.90 Å². The lowest BCUT2D eigenvalue weighted by atomic mass is 9.87. The molecule has 1 heterocycles. The van der Waals surface area contributed by atoms with E-state index in [1.165, 1.54) is 17.7 Å². The maximum absolute atomic E-state index is 13.6. The fourth-order valence-electron chi connectivity index (χ4n) is 4.25. The summed E-state index contributed by atoms with van der Waals surface area (Å²) in [6.07, 6.45) is 1.85. The molecule has 0 aromatic heterocycles. The van der Waals surface area contributed by atoms with Crippen LogP contribution in [0.4, 0.5) is 4.39 Å². The fourth-order valence-corrected chi connectivity index (χ4v) is 4.25. The Morgan fingerprint density at radius 3 is 2.50 bits per heavy atom. The summed E-state index contributed by atoms with van der Waals surface area (Å²) in [5.41, 5.74) is 1.26. The van der Waals surface area contributed by atoms with Gasteiger partial charge in [0, 0.05) is 37.7 Å². The number of methoxy groups -OCH3 is 1. The zero-order valence-electron chi connectivity index (χ0n) is 18.5. The number of rotatable bonds is 9. The van der Waals surface area contributed by atoms with Gasteiger partial charge in [-0.05, 0) is 42.7 Å². The number of piperidine rings is 1. The Bertz CT molecular complexity index is 981. The third-order valence-electron chi connectivity index (χ3n) is 5.87. The Morgan fingerprint density at radius 1 is 0.906 bits per heavy atom. The fraction of sp³-hybridized carbons (Fsp3) is 0.333. The van der Waals surface area contributed by atoms with Crippen LogP contribution < -0.4 is 14.2 Å². The number of nitrogens with zero attached hydrogens (tertiary/aromatic N) is 1. The Labute approximate surface area is 189 Å². The number of halogens is 1. The number of hydrogen-bond donors (Lipinski definition) is 0. The molecule has 32 heavy (non-hydrogen) atoms. The van der Waals surface area contributed by atoms with Crippen LogP contribution in [0.5, 0.6) is 17.2 Å². The predicted molar refractivity (Wildman–Crippen MR) is 124 cm³/mol. The number of hydrogen-bond acceptors (Lipinski definition) is 4. The minimum absolute atomic E-state index is 0.0171. The Morgan fingerprint density at radius 2 is 1.69 bits per heavy atom. The van der Waals surface area contributed by atoms with Gasteiger partial charge in [0.05, 0.1) is 13.7 Å². The molecule has 0 N–H and O–H groups in total. The van der Waals surface area contributed by atoms with Crippen LogP contribution in [0.25, 0.3) is 0 Å². The van der Waals surface area contributed by atoms with E-state index in [9.17, 15) is 4.39 Å². The molecule has 5 heteroatoms. The average Bonchev–Trinajstić information content (AvgIpc) is 2.83. The molecule has 1 saturated heterocycles. The molecule has 3 aromatic rings. The average molecular weight is 436 g/mol. The lowest BCUT2D eigenvalue weighted by molar-refractivity contribution is 0.0748. The molecule has 0 aliphatic carbocycles. The topological polar surface area (TPSA) is 30.9 Å². The second-order valence-corrected chi connectivity index (χ2v) is 8.10. The maximum Gasteiger partial charge on any atom is 0.126 e. The molecular weight excluding hydrogens is 405 g/mol. The minimum atomic E-state index is -0.271. The molecule has 1 aliphatic heterocycles. The van der Waals surface area contributed by atoms with Gasteiger partial charge in [0.15, 0.2) is 0 Å². The zero-order chi connectivity index (χ0) is 22.2. The van der Waals surface area contributed by atoms with Crippen molar-refractivity contribution < 1.29 is 18.6 Å². The van der Waals surface area contributed by atoms with Gasteiger partial charge in [-0.2, -0.15) is 0 Å². The van der Waals surface area contributed by atoms with Crippen molar-refractivity contribution in [2.45, 2.75) is 24.9 Å². The molecule has 0 unspecified atom stereocenters. The molecular formula is C27H30FNO3. The van der Waals surface area contributed by atoms with Gasteiger partial charge in [0.25, 0.3) is 0 Å². The molecule has 1 aliphatic rings. The van der Waals surface area contributed by atoms with Crippen LogP contribution in [0.15, 0.2) is 78.9 Å². The van der Waals surface area contributed by atoms with E-state index in [0.29, 0.717) is 12.4 Å². The summed E-state index contributed by atoms with van der Waals surface area (Å²) in [6, 6.07) is 24.6. The summed E-state index contributed by atoms with van der Waals surface area (Å²) < 4.78 is 31.0. The van der Waals surface area contributed by atoms with Gasteiger partial charge in [-0.25, -0.2) is 4.39 Å². The molecule has 4 nitrogen and oxygen atoms in total. The zero-order valence-corrected chi connectivity index (χ0v) is 18.5. The van der Waals surface area contributed by atoms with Crippen LogP contribution in [0.2, 0.25) is 0 Å². The Kier molecular flexibility index (Phi) is 7.62. The second-order valence-electron chi connectivity index (χ2n) is 8.10. The van der Waals surface area contributed by atoms with Crippen LogP contribution in [-0.4, -0.2) is 44.4 Å². The van der Waals surface area contributed by atoms with E-state index in [1.807, 2.05) is 36.4 Å². The van der Waals surface area contributed by atoms with Crippen molar-refractivity contribution in [3.8, 4) is 17.2 Å². The normalized spacial score (nSPS) is 18.8. The molecule has 0 saturated carbocycles. The SMILES string of the molecule is COc1cccc(OCCCN2CC[C@H](Oc3cccc(F)c3)[C@@H](c3ccccc3)C2)c1. The van der Waals surface area contributed by atoms with Crippen LogP contribution in [0.3, 0.4) is 0 Å². The van der Waals surface area contributed by atoms with Crippen LogP contribution in [0, 0.1) is 5.82 Å². The van der Waals surface area contributed by atoms with Crippen molar-refractivity contribution in [1.29, 1.82) is 0 Å². The highest BCUT2D eigenvalue weighted by molar-refractivity contribution is 5.32. The maximum atomic E-state index is 13.6. The van der Waals surface area contributed by atoms with Crippen LogP contribution in [0.1, 0.15) is 24.3 Å². The van der Waals surface area contributed by atoms with E-state index in [1.54, 1.807) is 13.2 Å². The first kappa shape index (κ1) is 22.2. The molecule has 1 fully saturated rings. The smallest absolute Gasteiger partial charge is 0.126 e. The summed E-state index contributed by atoms with van der Waals surface area (Å²) in [5.74, 6) is 2.18. The molecule has 3 aromatic carbocycles. The molecule has 4 rings (SSSR count). The first-order valence-electron chi connectivity index (χ1n) is 11.2. The summed E-state index contributed by atoms with van der Waals surface area (Å²) in [7, 11) is 1.66. The van der Waals surface area contributed by atoms with E-state index < -0.39 is 0 Å². The summed E-state index contributed by atoms with van der Waals surface area (Å²) >= 11 is 0. The first-order valence-corrected chi connectivity index (χ1v) is 11.2. The van der Waals surface area contributed by atoms with E-state index in [2.05, 4.69) is 29.2 Å². The highest BCUT2D eigenvalue weighted by Crippen LogP contribution is 2.31.